The second-order valence-electron chi connectivity index (χ2n) is 3.12. The van der Waals surface area contributed by atoms with E-state index in [4.69, 9.17) is 4.74 Å². The molecule has 2 atom stereocenters. The van der Waals surface area contributed by atoms with Crippen LogP contribution in [0.25, 0.3) is 0 Å². The summed E-state index contributed by atoms with van der Waals surface area (Å²) in [5.74, 6) is 2.11. The normalized spacial score (nSPS) is 26.9. The quantitative estimate of drug-likeness (QED) is 0.572. The van der Waals surface area contributed by atoms with Crippen LogP contribution in [0.2, 0.25) is 0 Å². The first-order chi connectivity index (χ1) is 4.68. The summed E-state index contributed by atoms with van der Waals surface area (Å²) < 4.78 is 16.1. The number of hydrogen-bond donors (Lipinski definition) is 0. The van der Waals surface area contributed by atoms with E-state index in [1.165, 1.54) is 0 Å². The van der Waals surface area contributed by atoms with E-state index < -0.39 is 10.8 Å². The SMILES string of the molecule is CC(C)CS(=O)CC1CO1. The molecule has 1 aliphatic heterocycles. The van der Waals surface area contributed by atoms with Crippen molar-refractivity contribution in [1.29, 1.82) is 0 Å². The minimum absolute atomic E-state index is 0.319. The molecule has 0 radical (unpaired) electrons. The largest absolute Gasteiger partial charge is 0.372 e. The molecule has 0 aromatic rings. The van der Waals surface area contributed by atoms with Gasteiger partial charge in [-0.3, -0.25) is 4.21 Å². The van der Waals surface area contributed by atoms with Crippen molar-refractivity contribution in [2.75, 3.05) is 18.1 Å². The van der Waals surface area contributed by atoms with Gasteiger partial charge in [-0.05, 0) is 5.92 Å². The van der Waals surface area contributed by atoms with Gasteiger partial charge < -0.3 is 4.74 Å². The van der Waals surface area contributed by atoms with Gasteiger partial charge in [-0.15, -0.1) is 0 Å². The first kappa shape index (κ1) is 8.21. The van der Waals surface area contributed by atoms with Crippen LogP contribution in [0.1, 0.15) is 13.8 Å². The minimum atomic E-state index is -0.643. The number of rotatable bonds is 4. The highest BCUT2D eigenvalue weighted by Gasteiger charge is 2.24. The second kappa shape index (κ2) is 3.49. The lowest BCUT2D eigenvalue weighted by Crippen LogP contribution is -2.11. The highest BCUT2D eigenvalue weighted by atomic mass is 32.2. The second-order valence-corrected chi connectivity index (χ2v) is 4.67. The highest BCUT2D eigenvalue weighted by molar-refractivity contribution is 7.85. The summed E-state index contributed by atoms with van der Waals surface area (Å²) in [6.07, 6.45) is 0.319. The van der Waals surface area contributed by atoms with Crippen molar-refractivity contribution in [3.8, 4) is 0 Å². The maximum absolute atomic E-state index is 11.1. The van der Waals surface area contributed by atoms with Gasteiger partial charge in [0.2, 0.25) is 0 Å². The molecule has 2 unspecified atom stereocenters. The Morgan fingerprint density at radius 2 is 2.30 bits per heavy atom. The van der Waals surface area contributed by atoms with E-state index in [1.807, 2.05) is 0 Å². The summed E-state index contributed by atoms with van der Waals surface area (Å²) >= 11 is 0. The van der Waals surface area contributed by atoms with E-state index in [9.17, 15) is 4.21 Å². The van der Waals surface area contributed by atoms with E-state index >= 15 is 0 Å². The summed E-state index contributed by atoms with van der Waals surface area (Å²) in [5.41, 5.74) is 0. The summed E-state index contributed by atoms with van der Waals surface area (Å²) in [7, 11) is -0.643. The zero-order chi connectivity index (χ0) is 7.56. The first-order valence-electron chi connectivity index (χ1n) is 3.65. The Labute approximate surface area is 64.4 Å². The summed E-state index contributed by atoms with van der Waals surface area (Å²) in [4.78, 5) is 0. The third kappa shape index (κ3) is 3.32. The molecule has 1 heterocycles. The van der Waals surface area contributed by atoms with Crippen molar-refractivity contribution in [2.45, 2.75) is 20.0 Å². The van der Waals surface area contributed by atoms with Crippen molar-refractivity contribution in [1.82, 2.24) is 0 Å². The van der Waals surface area contributed by atoms with Gasteiger partial charge in [0, 0.05) is 16.6 Å². The Balaban J connectivity index is 2.08. The van der Waals surface area contributed by atoms with Crippen LogP contribution in [0.5, 0.6) is 0 Å². The van der Waals surface area contributed by atoms with E-state index in [0.717, 1.165) is 18.1 Å². The van der Waals surface area contributed by atoms with Crippen molar-refractivity contribution < 1.29 is 8.95 Å². The van der Waals surface area contributed by atoms with Crippen molar-refractivity contribution in [2.24, 2.45) is 5.92 Å². The van der Waals surface area contributed by atoms with E-state index in [2.05, 4.69) is 13.8 Å². The van der Waals surface area contributed by atoms with Crippen LogP contribution in [0.4, 0.5) is 0 Å². The van der Waals surface area contributed by atoms with Gasteiger partial charge in [-0.25, -0.2) is 0 Å². The zero-order valence-electron chi connectivity index (χ0n) is 6.50. The van der Waals surface area contributed by atoms with Gasteiger partial charge in [-0.1, -0.05) is 13.8 Å². The fourth-order valence-electron chi connectivity index (χ4n) is 0.811. The third-order valence-corrected chi connectivity index (χ3v) is 3.08. The molecule has 1 rings (SSSR count). The molecule has 1 fully saturated rings. The van der Waals surface area contributed by atoms with Gasteiger partial charge in [0.25, 0.3) is 0 Å². The van der Waals surface area contributed by atoms with Gasteiger partial charge in [-0.2, -0.15) is 0 Å². The predicted octanol–water partition coefficient (Wildman–Crippen LogP) is 0.790. The summed E-state index contributed by atoms with van der Waals surface area (Å²) in [6.45, 7) is 5.00. The molecule has 2 nitrogen and oxygen atoms in total. The Bertz CT molecular complexity index is 124. The van der Waals surface area contributed by atoms with Crippen LogP contribution < -0.4 is 0 Å². The molecule has 1 saturated heterocycles. The molecular formula is C7H14O2S. The molecule has 0 spiro atoms. The smallest absolute Gasteiger partial charge is 0.0924 e. The molecule has 0 aromatic carbocycles. The third-order valence-electron chi connectivity index (χ3n) is 1.29. The van der Waals surface area contributed by atoms with E-state index in [1.54, 1.807) is 0 Å². The summed E-state index contributed by atoms with van der Waals surface area (Å²) in [6, 6.07) is 0. The maximum atomic E-state index is 11.1. The Kier molecular flexibility index (Phi) is 2.86. The topological polar surface area (TPSA) is 29.6 Å². The average Bonchev–Trinajstić information content (AvgIpc) is 2.46. The Morgan fingerprint density at radius 3 is 2.70 bits per heavy atom. The van der Waals surface area contributed by atoms with E-state index in [-0.39, 0.29) is 0 Å². The van der Waals surface area contributed by atoms with Crippen LogP contribution in [0.15, 0.2) is 0 Å². The zero-order valence-corrected chi connectivity index (χ0v) is 7.32. The van der Waals surface area contributed by atoms with Crippen LogP contribution in [-0.4, -0.2) is 28.4 Å². The Morgan fingerprint density at radius 1 is 1.70 bits per heavy atom. The number of ether oxygens (including phenoxy) is 1. The molecule has 0 aromatic heterocycles. The Hall–Kier alpha value is 0.110. The molecule has 1 aliphatic rings. The lowest BCUT2D eigenvalue weighted by molar-refractivity contribution is 0.424. The first-order valence-corrected chi connectivity index (χ1v) is 5.14. The van der Waals surface area contributed by atoms with Gasteiger partial charge in [0.1, 0.15) is 0 Å². The van der Waals surface area contributed by atoms with Gasteiger partial charge in [0.15, 0.2) is 0 Å². The van der Waals surface area contributed by atoms with E-state index in [0.29, 0.717) is 12.0 Å². The molecule has 0 bridgehead atoms. The minimum Gasteiger partial charge on any atom is -0.372 e. The molecule has 0 aliphatic carbocycles. The van der Waals surface area contributed by atoms with Crippen LogP contribution in [0, 0.1) is 5.92 Å². The molecule has 0 N–H and O–H groups in total. The molecule has 3 heteroatoms. The predicted molar refractivity (Wildman–Crippen MR) is 42.5 cm³/mol. The molecule has 0 saturated carbocycles. The summed E-state index contributed by atoms with van der Waals surface area (Å²) in [5, 5.41) is 0. The lowest BCUT2D eigenvalue weighted by Gasteiger charge is -2.01. The van der Waals surface area contributed by atoms with Crippen LogP contribution in [-0.2, 0) is 15.5 Å². The van der Waals surface area contributed by atoms with Crippen molar-refractivity contribution in [3.05, 3.63) is 0 Å². The fraction of sp³-hybridized carbons (Fsp3) is 1.00. The van der Waals surface area contributed by atoms with Crippen LogP contribution in [0.3, 0.4) is 0 Å². The van der Waals surface area contributed by atoms with Crippen molar-refractivity contribution in [3.63, 3.8) is 0 Å². The molecular weight excluding hydrogens is 148 g/mol. The monoisotopic (exact) mass is 162 g/mol. The molecule has 10 heavy (non-hydrogen) atoms. The maximum Gasteiger partial charge on any atom is 0.0924 e. The van der Waals surface area contributed by atoms with Crippen molar-refractivity contribution >= 4 is 10.8 Å². The van der Waals surface area contributed by atoms with Gasteiger partial charge >= 0.3 is 0 Å². The molecule has 60 valence electrons. The lowest BCUT2D eigenvalue weighted by atomic mass is 10.3. The average molecular weight is 162 g/mol. The number of hydrogen-bond acceptors (Lipinski definition) is 2. The highest BCUT2D eigenvalue weighted by Crippen LogP contribution is 2.11. The van der Waals surface area contributed by atoms with Crippen LogP contribution >= 0.6 is 0 Å². The fourth-order valence-corrected chi connectivity index (χ4v) is 2.30. The number of epoxide rings is 1. The van der Waals surface area contributed by atoms with Gasteiger partial charge in [0.05, 0.1) is 18.5 Å². The molecule has 0 amide bonds. The standard InChI is InChI=1S/C7H14O2S/c1-6(2)4-10(8)5-7-3-9-7/h6-7H,3-5H2,1-2H3.